The van der Waals surface area contributed by atoms with E-state index in [1.807, 2.05) is 36.1 Å². The van der Waals surface area contributed by atoms with Crippen LogP contribution in [0.25, 0.3) is 0 Å². The fourth-order valence-corrected chi connectivity index (χ4v) is 4.92. The summed E-state index contributed by atoms with van der Waals surface area (Å²) in [5.41, 5.74) is 2.25. The molecule has 1 aliphatic rings. The minimum Gasteiger partial charge on any atom is -0.333 e. The number of amides is 2. The fraction of sp³-hybridized carbons (Fsp3) is 0.478. The van der Waals surface area contributed by atoms with Crippen LogP contribution < -0.4 is 0 Å². The van der Waals surface area contributed by atoms with Crippen molar-refractivity contribution in [1.29, 1.82) is 0 Å². The number of carbonyl (C=O) groups is 2. The van der Waals surface area contributed by atoms with Crippen molar-refractivity contribution in [2.75, 3.05) is 19.6 Å². The molecule has 29 heavy (non-hydrogen) atoms. The molecule has 0 saturated carbocycles. The Bertz CT molecular complexity index is 834. The zero-order valence-corrected chi connectivity index (χ0v) is 18.8. The molecule has 0 spiro atoms. The summed E-state index contributed by atoms with van der Waals surface area (Å²) in [6.45, 7) is 5.56. The molecule has 1 aromatic heterocycles. The van der Waals surface area contributed by atoms with Gasteiger partial charge < -0.3 is 9.80 Å². The molecule has 0 N–H and O–H groups in total. The van der Waals surface area contributed by atoms with Crippen LogP contribution in [0, 0.1) is 0 Å². The number of thiophene rings is 1. The number of unbranched alkanes of at least 4 members (excludes halogenated alkanes) is 1. The Morgan fingerprint density at radius 2 is 1.93 bits per heavy atom. The summed E-state index contributed by atoms with van der Waals surface area (Å²) in [7, 11) is 0. The lowest BCUT2D eigenvalue weighted by atomic mass is 9.93. The molecule has 0 fully saturated rings. The highest BCUT2D eigenvalue weighted by Crippen LogP contribution is 2.38. The first-order valence-electron chi connectivity index (χ1n) is 10.4. The van der Waals surface area contributed by atoms with Crippen molar-refractivity contribution in [3.05, 3.63) is 56.7 Å². The Morgan fingerprint density at radius 3 is 2.62 bits per heavy atom. The van der Waals surface area contributed by atoms with Crippen LogP contribution in [0.5, 0.6) is 0 Å². The van der Waals surface area contributed by atoms with E-state index in [1.165, 1.54) is 10.4 Å². The number of rotatable bonds is 8. The molecule has 6 heteroatoms. The topological polar surface area (TPSA) is 40.6 Å². The normalized spacial score (nSPS) is 15.8. The lowest BCUT2D eigenvalue weighted by Gasteiger charge is -2.37. The van der Waals surface area contributed by atoms with E-state index in [0.717, 1.165) is 31.2 Å². The number of hydrogen-bond acceptors (Lipinski definition) is 3. The molecular weight excluding hydrogens is 404 g/mol. The van der Waals surface area contributed by atoms with E-state index in [4.69, 9.17) is 11.6 Å². The van der Waals surface area contributed by atoms with Gasteiger partial charge in [-0.05, 0) is 54.0 Å². The van der Waals surface area contributed by atoms with Crippen LogP contribution in [0.15, 0.2) is 35.7 Å². The van der Waals surface area contributed by atoms with Gasteiger partial charge in [-0.3, -0.25) is 9.59 Å². The van der Waals surface area contributed by atoms with Gasteiger partial charge in [0.2, 0.25) is 11.8 Å². The largest absolute Gasteiger partial charge is 0.333 e. The maximum Gasteiger partial charge on any atom is 0.242 e. The van der Waals surface area contributed by atoms with Crippen molar-refractivity contribution in [2.45, 2.75) is 52.0 Å². The summed E-state index contributed by atoms with van der Waals surface area (Å²) in [6, 6.07) is 9.74. The molecule has 1 aliphatic heterocycles. The van der Waals surface area contributed by atoms with E-state index in [1.54, 1.807) is 16.2 Å². The zero-order chi connectivity index (χ0) is 20.8. The molecule has 0 saturated heterocycles. The third-order valence-corrected chi connectivity index (χ3v) is 6.64. The third-order valence-electron chi connectivity index (χ3n) is 5.39. The lowest BCUT2D eigenvalue weighted by molar-refractivity contribution is -0.141. The first-order valence-corrected chi connectivity index (χ1v) is 11.7. The number of fused-ring (bicyclic) bond motifs is 1. The van der Waals surface area contributed by atoms with E-state index < -0.39 is 0 Å². The Labute approximate surface area is 182 Å². The van der Waals surface area contributed by atoms with Crippen LogP contribution in [-0.4, -0.2) is 41.2 Å². The molecule has 2 amide bonds. The summed E-state index contributed by atoms with van der Waals surface area (Å²) in [4.78, 5) is 31.0. The first-order chi connectivity index (χ1) is 14.0. The van der Waals surface area contributed by atoms with Crippen LogP contribution in [0.2, 0.25) is 5.02 Å². The van der Waals surface area contributed by atoms with E-state index in [9.17, 15) is 9.59 Å². The predicted octanol–water partition coefficient (Wildman–Crippen LogP) is 5.30. The Hall–Kier alpha value is -1.85. The van der Waals surface area contributed by atoms with Gasteiger partial charge in [-0.15, -0.1) is 11.3 Å². The molecule has 2 heterocycles. The number of carbonyl (C=O) groups excluding carboxylic acids is 2. The average Bonchev–Trinajstić information content (AvgIpc) is 3.20. The molecule has 0 aliphatic carbocycles. The highest BCUT2D eigenvalue weighted by molar-refractivity contribution is 7.10. The Kier molecular flexibility index (Phi) is 7.73. The summed E-state index contributed by atoms with van der Waals surface area (Å²) >= 11 is 7.83. The lowest BCUT2D eigenvalue weighted by Crippen LogP contribution is -2.47. The molecule has 2 aromatic rings. The summed E-state index contributed by atoms with van der Waals surface area (Å²) in [6.07, 6.45) is 4.06. The maximum absolute atomic E-state index is 13.4. The minimum atomic E-state index is -0.121. The van der Waals surface area contributed by atoms with Gasteiger partial charge in [-0.1, -0.05) is 44.0 Å². The Balaban J connectivity index is 1.83. The van der Waals surface area contributed by atoms with Crippen molar-refractivity contribution in [2.24, 2.45) is 0 Å². The zero-order valence-electron chi connectivity index (χ0n) is 17.2. The van der Waals surface area contributed by atoms with Crippen molar-refractivity contribution in [3.8, 4) is 0 Å². The highest BCUT2D eigenvalue weighted by Gasteiger charge is 2.33. The molecule has 1 aromatic carbocycles. The second-order valence-electron chi connectivity index (χ2n) is 7.51. The van der Waals surface area contributed by atoms with Gasteiger partial charge in [0.05, 0.1) is 12.6 Å². The molecule has 3 rings (SSSR count). The standard InChI is InChI=1S/C23H29ClN2O2S/c1-3-5-6-21(27)25(13-4-2)16-22(28)26-14-11-20-19(12-15-29-20)23(26)17-7-9-18(24)10-8-17/h7-10,12,15,23H,3-6,11,13-14,16H2,1-2H3. The van der Waals surface area contributed by atoms with Gasteiger partial charge in [-0.2, -0.15) is 0 Å². The SMILES string of the molecule is CCCCC(=O)N(CCC)CC(=O)N1CCc2sccc2C1c1ccc(Cl)cc1. The van der Waals surface area contributed by atoms with Crippen molar-refractivity contribution in [3.63, 3.8) is 0 Å². The maximum atomic E-state index is 13.4. The number of benzene rings is 1. The molecule has 1 unspecified atom stereocenters. The van der Waals surface area contributed by atoms with Crippen LogP contribution in [0.4, 0.5) is 0 Å². The molecule has 4 nitrogen and oxygen atoms in total. The second-order valence-corrected chi connectivity index (χ2v) is 8.95. The van der Waals surface area contributed by atoms with Crippen molar-refractivity contribution >= 4 is 34.8 Å². The number of halogens is 1. The third kappa shape index (κ3) is 5.20. The first kappa shape index (κ1) is 21.8. The summed E-state index contributed by atoms with van der Waals surface area (Å²) in [5, 5.41) is 2.78. The van der Waals surface area contributed by atoms with Crippen LogP contribution in [0.3, 0.4) is 0 Å². The van der Waals surface area contributed by atoms with Crippen molar-refractivity contribution < 1.29 is 9.59 Å². The second kappa shape index (κ2) is 10.3. The quantitative estimate of drug-likeness (QED) is 0.567. The molecular formula is C23H29ClN2O2S. The van der Waals surface area contributed by atoms with Gasteiger partial charge in [0.25, 0.3) is 0 Å². The smallest absolute Gasteiger partial charge is 0.242 e. The van der Waals surface area contributed by atoms with Gasteiger partial charge in [0.1, 0.15) is 0 Å². The molecule has 156 valence electrons. The molecule has 1 atom stereocenters. The summed E-state index contributed by atoms with van der Waals surface area (Å²) < 4.78 is 0. The number of nitrogens with zero attached hydrogens (tertiary/aromatic N) is 2. The number of hydrogen-bond donors (Lipinski definition) is 0. The van der Waals surface area contributed by atoms with Gasteiger partial charge in [0.15, 0.2) is 0 Å². The molecule has 0 bridgehead atoms. The van der Waals surface area contributed by atoms with Crippen LogP contribution in [0.1, 0.15) is 61.6 Å². The predicted molar refractivity (Wildman–Crippen MR) is 119 cm³/mol. The Morgan fingerprint density at radius 1 is 1.17 bits per heavy atom. The fourth-order valence-electron chi connectivity index (χ4n) is 3.89. The monoisotopic (exact) mass is 432 g/mol. The van der Waals surface area contributed by atoms with E-state index in [2.05, 4.69) is 18.4 Å². The minimum absolute atomic E-state index is 0.0140. The summed E-state index contributed by atoms with van der Waals surface area (Å²) in [5.74, 6) is 0.0958. The van der Waals surface area contributed by atoms with E-state index in [0.29, 0.717) is 24.5 Å². The van der Waals surface area contributed by atoms with Crippen molar-refractivity contribution in [1.82, 2.24) is 9.80 Å². The van der Waals surface area contributed by atoms with Gasteiger partial charge >= 0.3 is 0 Å². The van der Waals surface area contributed by atoms with Gasteiger partial charge in [0, 0.05) is 29.4 Å². The molecule has 0 radical (unpaired) electrons. The van der Waals surface area contributed by atoms with Crippen LogP contribution in [-0.2, 0) is 16.0 Å². The van der Waals surface area contributed by atoms with Gasteiger partial charge in [-0.25, -0.2) is 0 Å². The van der Waals surface area contributed by atoms with Crippen LogP contribution >= 0.6 is 22.9 Å². The average molecular weight is 433 g/mol. The van der Waals surface area contributed by atoms with E-state index in [-0.39, 0.29) is 24.4 Å². The highest BCUT2D eigenvalue weighted by atomic mass is 35.5. The van der Waals surface area contributed by atoms with E-state index >= 15 is 0 Å².